The average molecular weight is 485 g/mol. The van der Waals surface area contributed by atoms with Crippen LogP contribution in [-0.2, 0) is 9.53 Å². The van der Waals surface area contributed by atoms with Gasteiger partial charge in [0.25, 0.3) is 0 Å². The first-order valence-electron chi connectivity index (χ1n) is 14.0. The summed E-state index contributed by atoms with van der Waals surface area (Å²) in [4.78, 5) is 12.9. The Bertz CT molecular complexity index is 994. The number of carbonyl (C=O) groups is 1. The lowest BCUT2D eigenvalue weighted by Crippen LogP contribution is -2.63. The van der Waals surface area contributed by atoms with E-state index in [2.05, 4.69) is 53.7 Å². The van der Waals surface area contributed by atoms with Gasteiger partial charge in [0.15, 0.2) is 0 Å². The van der Waals surface area contributed by atoms with E-state index in [9.17, 15) is 15.0 Å². The lowest BCUT2D eigenvalue weighted by Gasteiger charge is -2.69. The van der Waals surface area contributed by atoms with Gasteiger partial charge in [-0.25, -0.2) is 0 Å². The first-order chi connectivity index (χ1) is 16.1. The van der Waals surface area contributed by atoms with Crippen molar-refractivity contribution in [1.29, 1.82) is 0 Å². The standard InChI is InChI=1S/C31H48O4/c1-26(2)21-11-14-31(7)22(28(21,4)13-12-23(26)32)10-9-19-20-17-29(5,25(34)35-8)24(33)18-27(20,3)15-16-30(19,31)6/h9-10,21-24,32-33H,11-18H2,1-8H3. The van der Waals surface area contributed by atoms with Crippen LogP contribution in [0, 0.1) is 44.3 Å². The fraction of sp³-hybridized carbons (Fsp3) is 0.839. The van der Waals surface area contributed by atoms with Crippen LogP contribution in [-0.4, -0.2) is 35.5 Å². The smallest absolute Gasteiger partial charge is 0.314 e. The number of aliphatic hydroxyl groups is 2. The number of rotatable bonds is 1. The molecule has 0 aliphatic heterocycles. The molecule has 0 aromatic heterocycles. The van der Waals surface area contributed by atoms with Gasteiger partial charge in [-0.2, -0.15) is 0 Å². The third kappa shape index (κ3) is 3.02. The van der Waals surface area contributed by atoms with Crippen molar-refractivity contribution in [2.45, 2.75) is 112 Å². The monoisotopic (exact) mass is 484 g/mol. The Hall–Kier alpha value is -1.13. The van der Waals surface area contributed by atoms with Gasteiger partial charge >= 0.3 is 5.97 Å². The molecule has 4 nitrogen and oxygen atoms in total. The summed E-state index contributed by atoms with van der Waals surface area (Å²) in [5.41, 5.74) is 2.13. The molecule has 0 aromatic carbocycles. The third-order valence-electron chi connectivity index (χ3n) is 13.0. The molecule has 0 aromatic rings. The van der Waals surface area contributed by atoms with E-state index in [4.69, 9.17) is 4.74 Å². The number of allylic oxidation sites excluding steroid dienone is 4. The van der Waals surface area contributed by atoms with Crippen LogP contribution in [0.25, 0.3) is 0 Å². The van der Waals surface area contributed by atoms with Crippen LogP contribution in [0.5, 0.6) is 0 Å². The molecule has 196 valence electrons. The summed E-state index contributed by atoms with van der Waals surface area (Å²) in [5.74, 6) is 0.688. The molecule has 3 fully saturated rings. The van der Waals surface area contributed by atoms with Crippen molar-refractivity contribution in [3.05, 3.63) is 23.3 Å². The van der Waals surface area contributed by atoms with E-state index < -0.39 is 11.5 Å². The maximum absolute atomic E-state index is 12.9. The zero-order valence-electron chi connectivity index (χ0n) is 23.3. The van der Waals surface area contributed by atoms with E-state index >= 15 is 0 Å². The third-order valence-corrected chi connectivity index (χ3v) is 13.0. The Morgan fingerprint density at radius 3 is 2.29 bits per heavy atom. The fourth-order valence-electron chi connectivity index (χ4n) is 10.2. The molecule has 5 aliphatic carbocycles. The van der Waals surface area contributed by atoms with E-state index in [0.29, 0.717) is 24.7 Å². The van der Waals surface area contributed by atoms with Crippen LogP contribution in [0.1, 0.15) is 99.8 Å². The van der Waals surface area contributed by atoms with Crippen molar-refractivity contribution < 1.29 is 19.7 Å². The minimum absolute atomic E-state index is 0.0365. The van der Waals surface area contributed by atoms with Gasteiger partial charge in [-0.3, -0.25) is 4.79 Å². The number of fused-ring (bicyclic) bond motifs is 6. The quantitative estimate of drug-likeness (QED) is 0.434. The van der Waals surface area contributed by atoms with Crippen LogP contribution < -0.4 is 0 Å². The molecule has 4 heteroatoms. The van der Waals surface area contributed by atoms with Crippen molar-refractivity contribution in [2.24, 2.45) is 44.3 Å². The van der Waals surface area contributed by atoms with Gasteiger partial charge in [-0.1, -0.05) is 59.3 Å². The van der Waals surface area contributed by atoms with Crippen molar-refractivity contribution >= 4 is 5.97 Å². The number of carbonyl (C=O) groups excluding carboxylic acids is 1. The van der Waals surface area contributed by atoms with Gasteiger partial charge in [-0.15, -0.1) is 0 Å². The van der Waals surface area contributed by atoms with E-state index in [1.165, 1.54) is 24.7 Å². The largest absolute Gasteiger partial charge is 0.469 e. The van der Waals surface area contributed by atoms with Crippen LogP contribution in [0.4, 0.5) is 0 Å². The molecule has 0 bridgehead atoms. The second kappa shape index (κ2) is 7.47. The minimum atomic E-state index is -0.895. The summed E-state index contributed by atoms with van der Waals surface area (Å²) in [7, 11) is 1.44. The highest BCUT2D eigenvalue weighted by molar-refractivity contribution is 5.78. The Kier molecular flexibility index (Phi) is 5.44. The number of hydrogen-bond acceptors (Lipinski definition) is 4. The van der Waals surface area contributed by atoms with Gasteiger partial charge in [0, 0.05) is 0 Å². The zero-order chi connectivity index (χ0) is 25.8. The van der Waals surface area contributed by atoms with Crippen molar-refractivity contribution in [1.82, 2.24) is 0 Å². The van der Waals surface area contributed by atoms with Crippen LogP contribution >= 0.6 is 0 Å². The summed E-state index contributed by atoms with van der Waals surface area (Å²) in [6.07, 6.45) is 11.7. The minimum Gasteiger partial charge on any atom is -0.469 e. The molecular weight excluding hydrogens is 436 g/mol. The zero-order valence-corrected chi connectivity index (χ0v) is 23.3. The molecule has 35 heavy (non-hydrogen) atoms. The summed E-state index contributed by atoms with van der Waals surface area (Å²) < 4.78 is 5.18. The fourth-order valence-corrected chi connectivity index (χ4v) is 10.2. The SMILES string of the molecule is COC(=O)C1(C)CC2=C3C=CC4C5(C)CCC(O)C(C)(C)C5CCC4(C)C3(C)CCC2(C)CC1O. The molecule has 9 unspecified atom stereocenters. The maximum atomic E-state index is 12.9. The molecule has 0 radical (unpaired) electrons. The molecule has 9 atom stereocenters. The second-order valence-corrected chi connectivity index (χ2v) is 14.8. The first kappa shape index (κ1) is 25.5. The van der Waals surface area contributed by atoms with E-state index in [1.807, 2.05) is 6.92 Å². The Labute approximate surface area is 212 Å². The first-order valence-corrected chi connectivity index (χ1v) is 14.0. The van der Waals surface area contributed by atoms with Gasteiger partial charge in [0.1, 0.15) is 0 Å². The van der Waals surface area contributed by atoms with Crippen molar-refractivity contribution in [2.75, 3.05) is 7.11 Å². The Morgan fingerprint density at radius 2 is 1.63 bits per heavy atom. The summed E-state index contributed by atoms with van der Waals surface area (Å²) >= 11 is 0. The lowest BCUT2D eigenvalue weighted by molar-refractivity contribution is -0.183. The van der Waals surface area contributed by atoms with Crippen LogP contribution in [0.2, 0.25) is 0 Å². The second-order valence-electron chi connectivity index (χ2n) is 14.8. The summed E-state index contributed by atoms with van der Waals surface area (Å²) in [5, 5.41) is 22.0. The normalized spacial score (nSPS) is 52.6. The molecule has 0 amide bonds. The van der Waals surface area contributed by atoms with Gasteiger partial charge in [0.05, 0.1) is 24.7 Å². The number of esters is 1. The van der Waals surface area contributed by atoms with Crippen molar-refractivity contribution in [3.8, 4) is 0 Å². The molecule has 3 saturated carbocycles. The number of ether oxygens (including phenoxy) is 1. The predicted molar refractivity (Wildman–Crippen MR) is 138 cm³/mol. The Balaban J connectivity index is 1.64. The number of methoxy groups -OCH3 is 1. The molecule has 5 aliphatic rings. The highest BCUT2D eigenvalue weighted by Crippen LogP contribution is 2.74. The lowest BCUT2D eigenvalue weighted by atomic mass is 9.35. The van der Waals surface area contributed by atoms with Gasteiger partial charge in [-0.05, 0) is 103 Å². The topological polar surface area (TPSA) is 66.8 Å². The predicted octanol–water partition coefficient (Wildman–Crippen LogP) is 6.21. The maximum Gasteiger partial charge on any atom is 0.314 e. The van der Waals surface area contributed by atoms with E-state index in [1.54, 1.807) is 0 Å². The molecule has 0 heterocycles. The highest BCUT2D eigenvalue weighted by Gasteiger charge is 2.67. The molecule has 0 saturated heterocycles. The van der Waals surface area contributed by atoms with Crippen LogP contribution in [0.3, 0.4) is 0 Å². The van der Waals surface area contributed by atoms with Crippen LogP contribution in [0.15, 0.2) is 23.3 Å². The molecule has 5 rings (SSSR count). The molecule has 2 N–H and O–H groups in total. The summed E-state index contributed by atoms with van der Waals surface area (Å²) in [6, 6.07) is 0. The summed E-state index contributed by atoms with van der Waals surface area (Å²) in [6.45, 7) is 16.3. The van der Waals surface area contributed by atoms with Crippen molar-refractivity contribution in [3.63, 3.8) is 0 Å². The number of aliphatic hydroxyl groups excluding tert-OH is 2. The van der Waals surface area contributed by atoms with E-state index in [-0.39, 0.29) is 39.1 Å². The van der Waals surface area contributed by atoms with Gasteiger partial charge < -0.3 is 14.9 Å². The molecular formula is C31H48O4. The van der Waals surface area contributed by atoms with E-state index in [0.717, 1.165) is 32.1 Å². The number of hydrogen-bond donors (Lipinski definition) is 2. The average Bonchev–Trinajstić information content (AvgIpc) is 2.78. The highest BCUT2D eigenvalue weighted by atomic mass is 16.5. The van der Waals surface area contributed by atoms with Gasteiger partial charge in [0.2, 0.25) is 0 Å². The molecule has 0 spiro atoms. The Morgan fingerprint density at radius 1 is 0.943 bits per heavy atom.